The molecule has 0 bridgehead atoms. The third kappa shape index (κ3) is 10.8. The summed E-state index contributed by atoms with van der Waals surface area (Å²) in [7, 11) is 0. The summed E-state index contributed by atoms with van der Waals surface area (Å²) in [6, 6.07) is 0. The van der Waals surface area contributed by atoms with Gasteiger partial charge in [-0.05, 0) is 19.8 Å². The lowest BCUT2D eigenvalue weighted by molar-refractivity contribution is -0.0249. The summed E-state index contributed by atoms with van der Waals surface area (Å²) < 4.78 is 15.8. The summed E-state index contributed by atoms with van der Waals surface area (Å²) in [6.45, 7) is 7.83. The predicted octanol–water partition coefficient (Wildman–Crippen LogP) is 3.46. The highest BCUT2D eigenvalue weighted by atomic mass is 16.7. The Morgan fingerprint density at radius 2 is 1.89 bits per heavy atom. The van der Waals surface area contributed by atoms with Crippen molar-refractivity contribution in [3.63, 3.8) is 0 Å². The SMILES string of the molecule is CCCCC(CCOCC(CC)OCC)OC(=O)O. The molecule has 0 aliphatic rings. The Bertz CT molecular complexity index is 220. The molecule has 2 atom stereocenters. The van der Waals surface area contributed by atoms with Gasteiger partial charge in [0.2, 0.25) is 0 Å². The van der Waals surface area contributed by atoms with E-state index in [4.69, 9.17) is 19.3 Å². The Labute approximate surface area is 116 Å². The fourth-order valence-electron chi connectivity index (χ4n) is 1.79. The monoisotopic (exact) mass is 276 g/mol. The van der Waals surface area contributed by atoms with Crippen LogP contribution in [0.4, 0.5) is 4.79 Å². The van der Waals surface area contributed by atoms with Crippen molar-refractivity contribution in [1.82, 2.24) is 0 Å². The Kier molecular flexibility index (Phi) is 11.7. The lowest BCUT2D eigenvalue weighted by Crippen LogP contribution is -2.22. The van der Waals surface area contributed by atoms with E-state index >= 15 is 0 Å². The van der Waals surface area contributed by atoms with Gasteiger partial charge < -0.3 is 19.3 Å². The van der Waals surface area contributed by atoms with Gasteiger partial charge in [-0.25, -0.2) is 4.79 Å². The molecule has 0 fully saturated rings. The first-order chi connectivity index (χ1) is 9.13. The third-order valence-corrected chi connectivity index (χ3v) is 2.89. The minimum absolute atomic E-state index is 0.125. The molecule has 0 radical (unpaired) electrons. The van der Waals surface area contributed by atoms with E-state index in [1.54, 1.807) is 0 Å². The molecule has 5 nitrogen and oxygen atoms in total. The van der Waals surface area contributed by atoms with Crippen LogP contribution in [0.5, 0.6) is 0 Å². The van der Waals surface area contributed by atoms with E-state index in [9.17, 15) is 4.79 Å². The number of ether oxygens (including phenoxy) is 3. The molecule has 0 aromatic rings. The molecular formula is C14H28O5. The van der Waals surface area contributed by atoms with Gasteiger partial charge in [0.05, 0.1) is 19.3 Å². The quantitative estimate of drug-likeness (QED) is 0.437. The number of hydrogen-bond acceptors (Lipinski definition) is 4. The molecule has 0 aliphatic carbocycles. The standard InChI is InChI=1S/C14H28O5/c1-4-7-8-13(19-14(15)16)9-10-17-11-12(5-2)18-6-3/h12-13H,4-11H2,1-3H3,(H,15,16). The average molecular weight is 276 g/mol. The summed E-state index contributed by atoms with van der Waals surface area (Å²) >= 11 is 0. The van der Waals surface area contributed by atoms with E-state index < -0.39 is 6.16 Å². The Morgan fingerprint density at radius 1 is 1.16 bits per heavy atom. The molecule has 2 unspecified atom stereocenters. The van der Waals surface area contributed by atoms with Crippen LogP contribution < -0.4 is 0 Å². The van der Waals surface area contributed by atoms with Gasteiger partial charge in [0.1, 0.15) is 6.10 Å². The van der Waals surface area contributed by atoms with Crippen LogP contribution in [0.15, 0.2) is 0 Å². The van der Waals surface area contributed by atoms with Crippen molar-refractivity contribution >= 4 is 6.16 Å². The maximum absolute atomic E-state index is 10.6. The van der Waals surface area contributed by atoms with Crippen molar-refractivity contribution in [2.75, 3.05) is 19.8 Å². The molecular weight excluding hydrogens is 248 g/mol. The average Bonchev–Trinajstić information content (AvgIpc) is 2.38. The van der Waals surface area contributed by atoms with E-state index in [0.29, 0.717) is 26.2 Å². The molecule has 0 amide bonds. The van der Waals surface area contributed by atoms with Crippen molar-refractivity contribution in [2.45, 2.75) is 65.1 Å². The maximum atomic E-state index is 10.6. The van der Waals surface area contributed by atoms with E-state index in [-0.39, 0.29) is 12.2 Å². The number of hydrogen-bond donors (Lipinski definition) is 1. The summed E-state index contributed by atoms with van der Waals surface area (Å²) in [4.78, 5) is 10.6. The highest BCUT2D eigenvalue weighted by Crippen LogP contribution is 2.10. The molecule has 0 aliphatic heterocycles. The van der Waals surface area contributed by atoms with Crippen molar-refractivity contribution in [3.05, 3.63) is 0 Å². The summed E-state index contributed by atoms with van der Waals surface area (Å²) in [5.41, 5.74) is 0. The Hall–Kier alpha value is -0.810. The van der Waals surface area contributed by atoms with Crippen molar-refractivity contribution in [3.8, 4) is 0 Å². The first-order valence-corrected chi connectivity index (χ1v) is 7.22. The van der Waals surface area contributed by atoms with Crippen LogP contribution in [0.25, 0.3) is 0 Å². The highest BCUT2D eigenvalue weighted by molar-refractivity contribution is 5.57. The zero-order valence-corrected chi connectivity index (χ0v) is 12.4. The summed E-state index contributed by atoms with van der Waals surface area (Å²) in [6.07, 6.45) is 2.94. The second kappa shape index (κ2) is 12.2. The zero-order chi connectivity index (χ0) is 14.5. The minimum atomic E-state index is -1.21. The molecule has 114 valence electrons. The van der Waals surface area contributed by atoms with Crippen LogP contribution in [-0.4, -0.2) is 43.3 Å². The van der Waals surface area contributed by atoms with Gasteiger partial charge in [0.25, 0.3) is 0 Å². The van der Waals surface area contributed by atoms with Gasteiger partial charge in [0, 0.05) is 13.0 Å². The molecule has 0 aromatic carbocycles. The predicted molar refractivity (Wildman–Crippen MR) is 73.6 cm³/mol. The van der Waals surface area contributed by atoms with Crippen LogP contribution in [0.3, 0.4) is 0 Å². The van der Waals surface area contributed by atoms with Crippen molar-refractivity contribution in [1.29, 1.82) is 0 Å². The van der Waals surface area contributed by atoms with E-state index in [1.807, 2.05) is 6.92 Å². The first kappa shape index (κ1) is 18.2. The molecule has 0 saturated heterocycles. The topological polar surface area (TPSA) is 65.0 Å². The van der Waals surface area contributed by atoms with Gasteiger partial charge in [-0.1, -0.05) is 26.7 Å². The van der Waals surface area contributed by atoms with Gasteiger partial charge >= 0.3 is 6.16 Å². The number of rotatable bonds is 12. The van der Waals surface area contributed by atoms with E-state index in [0.717, 1.165) is 25.7 Å². The van der Waals surface area contributed by atoms with Crippen molar-refractivity contribution in [2.24, 2.45) is 0 Å². The Morgan fingerprint density at radius 3 is 2.42 bits per heavy atom. The maximum Gasteiger partial charge on any atom is 0.506 e. The fraction of sp³-hybridized carbons (Fsp3) is 0.929. The molecule has 0 heterocycles. The van der Waals surface area contributed by atoms with E-state index in [1.165, 1.54) is 0 Å². The van der Waals surface area contributed by atoms with Crippen LogP contribution in [0.1, 0.15) is 52.9 Å². The highest BCUT2D eigenvalue weighted by Gasteiger charge is 2.13. The summed E-state index contributed by atoms with van der Waals surface area (Å²) in [5.74, 6) is 0. The molecule has 0 aromatic heterocycles. The van der Waals surface area contributed by atoms with Crippen LogP contribution in [0.2, 0.25) is 0 Å². The van der Waals surface area contributed by atoms with E-state index in [2.05, 4.69) is 13.8 Å². The lowest BCUT2D eigenvalue weighted by atomic mass is 10.1. The van der Waals surface area contributed by atoms with Crippen molar-refractivity contribution < 1.29 is 24.1 Å². The van der Waals surface area contributed by atoms with Crippen LogP contribution in [-0.2, 0) is 14.2 Å². The first-order valence-electron chi connectivity index (χ1n) is 7.22. The fourth-order valence-corrected chi connectivity index (χ4v) is 1.79. The third-order valence-electron chi connectivity index (χ3n) is 2.89. The molecule has 0 spiro atoms. The summed E-state index contributed by atoms with van der Waals surface area (Å²) in [5, 5.41) is 8.65. The van der Waals surface area contributed by atoms with Gasteiger partial charge in [0.15, 0.2) is 0 Å². The second-order valence-electron chi connectivity index (χ2n) is 4.50. The normalized spacial score (nSPS) is 14.1. The number of carboxylic acid groups (broad SMARTS) is 1. The number of carbonyl (C=O) groups is 1. The van der Waals surface area contributed by atoms with Gasteiger partial charge in [-0.2, -0.15) is 0 Å². The van der Waals surface area contributed by atoms with Gasteiger partial charge in [-0.15, -0.1) is 0 Å². The molecule has 1 N–H and O–H groups in total. The lowest BCUT2D eigenvalue weighted by Gasteiger charge is -2.18. The zero-order valence-electron chi connectivity index (χ0n) is 12.4. The minimum Gasteiger partial charge on any atom is -0.450 e. The van der Waals surface area contributed by atoms with Gasteiger partial charge in [-0.3, -0.25) is 0 Å². The molecule has 5 heteroatoms. The van der Waals surface area contributed by atoms with Crippen LogP contribution >= 0.6 is 0 Å². The Balaban J connectivity index is 3.80. The van der Waals surface area contributed by atoms with Crippen LogP contribution in [0, 0.1) is 0 Å². The number of unbranched alkanes of at least 4 members (excludes halogenated alkanes) is 1. The largest absolute Gasteiger partial charge is 0.506 e. The molecule has 0 rings (SSSR count). The molecule has 0 saturated carbocycles. The molecule has 19 heavy (non-hydrogen) atoms. The second-order valence-corrected chi connectivity index (χ2v) is 4.50. The smallest absolute Gasteiger partial charge is 0.450 e.